The lowest BCUT2D eigenvalue weighted by Gasteiger charge is -2.06. The highest BCUT2D eigenvalue weighted by atomic mass is 35.5. The van der Waals surface area contributed by atoms with Crippen molar-refractivity contribution in [1.82, 2.24) is 0 Å². The molecule has 0 aliphatic rings. The smallest absolute Gasteiger partial charge is 0.250 e. The second-order valence-corrected chi connectivity index (χ2v) is 2.54. The topological polar surface area (TPSA) is 26.3 Å². The second-order valence-electron chi connectivity index (χ2n) is 2.17. The first-order valence-corrected chi connectivity index (χ1v) is 3.87. The molecule has 0 rings (SSSR count). The summed E-state index contributed by atoms with van der Waals surface area (Å²) in [5.41, 5.74) is 0. The van der Waals surface area contributed by atoms with Crippen molar-refractivity contribution in [3.8, 4) is 0 Å². The highest BCUT2D eigenvalue weighted by Gasteiger charge is 2.08. The van der Waals surface area contributed by atoms with Gasteiger partial charge in [0.15, 0.2) is 0 Å². The van der Waals surface area contributed by atoms with Crippen molar-refractivity contribution in [2.45, 2.75) is 32.8 Å². The van der Waals surface area contributed by atoms with Crippen molar-refractivity contribution in [1.29, 1.82) is 0 Å². The maximum absolute atomic E-state index is 10.4. The Bertz CT molecular complexity index is 104. The van der Waals surface area contributed by atoms with E-state index in [1.807, 2.05) is 0 Å². The van der Waals surface area contributed by atoms with Crippen LogP contribution in [-0.4, -0.2) is 18.0 Å². The highest BCUT2D eigenvalue weighted by molar-refractivity contribution is 6.64. The summed E-state index contributed by atoms with van der Waals surface area (Å²) in [6, 6.07) is 0. The third-order valence-electron chi connectivity index (χ3n) is 1.19. The van der Waals surface area contributed by atoms with Gasteiger partial charge in [0.2, 0.25) is 5.24 Å². The molecule has 0 aromatic rings. The van der Waals surface area contributed by atoms with Crippen molar-refractivity contribution in [2.24, 2.45) is 0 Å². The van der Waals surface area contributed by atoms with E-state index in [4.69, 9.17) is 16.3 Å². The minimum atomic E-state index is -0.451. The second kappa shape index (κ2) is 5.69. The van der Waals surface area contributed by atoms with E-state index in [0.717, 1.165) is 12.8 Å². The Hall–Kier alpha value is -0.0800. The zero-order chi connectivity index (χ0) is 7.98. The first-order chi connectivity index (χ1) is 4.68. The Morgan fingerprint density at radius 1 is 1.70 bits per heavy atom. The largest absolute Gasteiger partial charge is 0.369 e. The van der Waals surface area contributed by atoms with E-state index in [2.05, 4.69) is 6.92 Å². The fraction of sp³-hybridized carbons (Fsp3) is 0.857. The van der Waals surface area contributed by atoms with Crippen LogP contribution in [0.5, 0.6) is 0 Å². The van der Waals surface area contributed by atoms with Crippen LogP contribution < -0.4 is 0 Å². The summed E-state index contributed by atoms with van der Waals surface area (Å²) in [7, 11) is 0. The van der Waals surface area contributed by atoms with Gasteiger partial charge in [-0.3, -0.25) is 4.79 Å². The first kappa shape index (κ1) is 9.92. The van der Waals surface area contributed by atoms with Crippen LogP contribution in [0.4, 0.5) is 0 Å². The molecule has 0 radical (unpaired) electrons. The van der Waals surface area contributed by atoms with Gasteiger partial charge in [-0.15, -0.1) is 0 Å². The molecule has 2 nitrogen and oxygen atoms in total. The lowest BCUT2D eigenvalue weighted by atomic mass is 10.3. The molecule has 0 amide bonds. The van der Waals surface area contributed by atoms with E-state index in [-0.39, 0.29) is 0 Å². The fourth-order valence-corrected chi connectivity index (χ4v) is 0.533. The molecule has 0 aliphatic heterocycles. The van der Waals surface area contributed by atoms with Gasteiger partial charge < -0.3 is 4.74 Å². The number of hydrogen-bond donors (Lipinski definition) is 0. The molecule has 3 heteroatoms. The molecule has 0 saturated carbocycles. The van der Waals surface area contributed by atoms with Gasteiger partial charge >= 0.3 is 0 Å². The van der Waals surface area contributed by atoms with Crippen LogP contribution >= 0.6 is 11.6 Å². The van der Waals surface area contributed by atoms with Crippen molar-refractivity contribution in [3.05, 3.63) is 0 Å². The van der Waals surface area contributed by atoms with E-state index in [9.17, 15) is 4.79 Å². The lowest BCUT2D eigenvalue weighted by molar-refractivity contribution is -0.121. The summed E-state index contributed by atoms with van der Waals surface area (Å²) < 4.78 is 5.06. The van der Waals surface area contributed by atoms with E-state index in [0.29, 0.717) is 6.61 Å². The van der Waals surface area contributed by atoms with Crippen LogP contribution in [0.1, 0.15) is 26.7 Å². The van der Waals surface area contributed by atoms with E-state index < -0.39 is 11.3 Å². The van der Waals surface area contributed by atoms with Gasteiger partial charge in [-0.1, -0.05) is 13.3 Å². The van der Waals surface area contributed by atoms with Gasteiger partial charge in [0.1, 0.15) is 6.10 Å². The molecule has 1 unspecified atom stereocenters. The number of halogens is 1. The molecular weight excluding hydrogens is 152 g/mol. The quantitative estimate of drug-likeness (QED) is 0.459. The predicted molar refractivity (Wildman–Crippen MR) is 41.2 cm³/mol. The molecule has 10 heavy (non-hydrogen) atoms. The molecule has 0 spiro atoms. The van der Waals surface area contributed by atoms with Crippen molar-refractivity contribution in [2.75, 3.05) is 6.61 Å². The average molecular weight is 165 g/mol. The Morgan fingerprint density at radius 2 is 2.30 bits per heavy atom. The fourth-order valence-electron chi connectivity index (χ4n) is 0.470. The molecule has 0 N–H and O–H groups in total. The number of carbonyl (C=O) groups excluding carboxylic acids is 1. The molecule has 0 fully saturated rings. The van der Waals surface area contributed by atoms with Crippen LogP contribution in [-0.2, 0) is 9.53 Å². The van der Waals surface area contributed by atoms with E-state index in [1.54, 1.807) is 6.92 Å². The average Bonchev–Trinajstić information content (AvgIpc) is 1.88. The monoisotopic (exact) mass is 164 g/mol. The van der Waals surface area contributed by atoms with Crippen LogP contribution in [0.2, 0.25) is 0 Å². The minimum absolute atomic E-state index is 0.420. The summed E-state index contributed by atoms with van der Waals surface area (Å²) in [6.45, 7) is 4.34. The van der Waals surface area contributed by atoms with Crippen LogP contribution in [0.3, 0.4) is 0 Å². The number of hydrogen-bond acceptors (Lipinski definition) is 2. The van der Waals surface area contributed by atoms with Crippen molar-refractivity contribution >= 4 is 16.8 Å². The zero-order valence-corrected chi connectivity index (χ0v) is 7.15. The maximum atomic E-state index is 10.4. The number of unbranched alkanes of at least 4 members (excludes halogenated alkanes) is 1. The summed E-state index contributed by atoms with van der Waals surface area (Å²) in [4.78, 5) is 10.4. The molecule has 0 heterocycles. The third kappa shape index (κ3) is 4.77. The van der Waals surface area contributed by atoms with Gasteiger partial charge in [-0.2, -0.15) is 0 Å². The van der Waals surface area contributed by atoms with E-state index >= 15 is 0 Å². The van der Waals surface area contributed by atoms with Crippen LogP contribution in [0.15, 0.2) is 0 Å². The van der Waals surface area contributed by atoms with Gasteiger partial charge in [0.25, 0.3) is 0 Å². The Balaban J connectivity index is 3.21. The molecule has 60 valence electrons. The number of carbonyl (C=O) groups is 1. The standard InChI is InChI=1S/C7H13ClO2/c1-3-4-5-10-6(2)7(8)9/h6H,3-5H2,1-2H3. The van der Waals surface area contributed by atoms with Crippen LogP contribution in [0, 0.1) is 0 Å². The molecule has 0 saturated heterocycles. The Labute approximate surface area is 66.5 Å². The SMILES string of the molecule is CCCCOC(C)C(=O)Cl. The Kier molecular flexibility index (Phi) is 5.64. The number of rotatable bonds is 5. The summed E-state index contributed by atoms with van der Waals surface area (Å²) >= 11 is 5.14. The van der Waals surface area contributed by atoms with Crippen molar-refractivity contribution < 1.29 is 9.53 Å². The van der Waals surface area contributed by atoms with Gasteiger partial charge in [-0.25, -0.2) is 0 Å². The van der Waals surface area contributed by atoms with E-state index in [1.165, 1.54) is 0 Å². The Morgan fingerprint density at radius 3 is 2.70 bits per heavy atom. The zero-order valence-electron chi connectivity index (χ0n) is 6.39. The van der Waals surface area contributed by atoms with Crippen LogP contribution in [0.25, 0.3) is 0 Å². The van der Waals surface area contributed by atoms with Gasteiger partial charge in [0.05, 0.1) is 0 Å². The molecule has 0 aliphatic carbocycles. The molecule has 1 atom stereocenters. The summed E-state index contributed by atoms with van der Waals surface area (Å²) in [6.07, 6.45) is 1.60. The summed E-state index contributed by atoms with van der Waals surface area (Å²) in [5, 5.41) is -0.420. The van der Waals surface area contributed by atoms with Crippen molar-refractivity contribution in [3.63, 3.8) is 0 Å². The maximum Gasteiger partial charge on any atom is 0.250 e. The predicted octanol–water partition coefficient (Wildman–Crippen LogP) is 1.96. The first-order valence-electron chi connectivity index (χ1n) is 3.49. The summed E-state index contributed by atoms with van der Waals surface area (Å²) in [5.74, 6) is 0. The molecule has 0 aromatic heterocycles. The number of ether oxygens (including phenoxy) is 1. The minimum Gasteiger partial charge on any atom is -0.369 e. The third-order valence-corrected chi connectivity index (χ3v) is 1.49. The molecular formula is C7H13ClO2. The highest BCUT2D eigenvalue weighted by Crippen LogP contribution is 1.98. The normalized spacial score (nSPS) is 13.1. The van der Waals surface area contributed by atoms with Gasteiger partial charge in [-0.05, 0) is 24.9 Å². The van der Waals surface area contributed by atoms with Gasteiger partial charge in [0, 0.05) is 6.61 Å². The molecule has 0 aromatic carbocycles. The lowest BCUT2D eigenvalue weighted by Crippen LogP contribution is -2.15. The molecule has 0 bridgehead atoms.